The maximum absolute atomic E-state index is 8.89. The lowest BCUT2D eigenvalue weighted by Crippen LogP contribution is -2.37. The zero-order valence-electron chi connectivity index (χ0n) is 18.9. The van der Waals surface area contributed by atoms with Gasteiger partial charge in [-0.3, -0.25) is 0 Å². The fourth-order valence-corrected chi connectivity index (χ4v) is 3.68. The van der Waals surface area contributed by atoms with Crippen molar-refractivity contribution in [1.29, 1.82) is 0 Å². The van der Waals surface area contributed by atoms with Crippen LogP contribution in [-0.4, -0.2) is 10.5 Å². The average molecular weight is 439 g/mol. The van der Waals surface area contributed by atoms with E-state index in [1.807, 2.05) is 36.4 Å². The van der Waals surface area contributed by atoms with Crippen LogP contribution in [0.15, 0.2) is 68.4 Å². The molecular weight excluding hydrogens is 408 g/mol. The third-order valence-corrected chi connectivity index (χ3v) is 5.00. The monoisotopic (exact) mass is 438 g/mol. The molecule has 0 aliphatic rings. The van der Waals surface area contributed by atoms with Crippen molar-refractivity contribution in [1.82, 2.24) is 4.57 Å². The number of hydrogen-bond acceptors (Lipinski definition) is 5. The number of unbranched alkanes of at least 4 members (excludes halogenated alkanes) is 2. The van der Waals surface area contributed by atoms with E-state index >= 15 is 0 Å². The summed E-state index contributed by atoms with van der Waals surface area (Å²) < 4.78 is 22.2. The Labute approximate surface area is 187 Å². The van der Waals surface area contributed by atoms with Gasteiger partial charge in [-0.1, -0.05) is 26.7 Å². The van der Waals surface area contributed by atoms with E-state index in [0.717, 1.165) is 80.2 Å². The van der Waals surface area contributed by atoms with Gasteiger partial charge < -0.3 is 23.2 Å². The molecule has 170 valence electrons. The summed E-state index contributed by atoms with van der Waals surface area (Å²) in [6.07, 6.45) is 9.54. The molecule has 0 radical (unpaired) electrons. The lowest BCUT2D eigenvalue weighted by atomic mass is 10.2. The lowest BCUT2D eigenvalue weighted by Gasteiger charge is -2.04. The minimum atomic E-state index is -1.08. The third kappa shape index (κ3) is 5.22. The van der Waals surface area contributed by atoms with Crippen LogP contribution in [0.3, 0.4) is 0 Å². The number of carboxylic acid groups (broad SMARTS) is 1. The summed E-state index contributed by atoms with van der Waals surface area (Å²) in [5.41, 5.74) is 2.08. The van der Waals surface area contributed by atoms with Gasteiger partial charge in [0.2, 0.25) is 17.1 Å². The number of nitrogens with zero attached hydrogens (tertiary/aromatic N) is 2. The molecule has 0 fully saturated rings. The van der Waals surface area contributed by atoms with Gasteiger partial charge in [0.1, 0.15) is 0 Å². The van der Waals surface area contributed by atoms with Gasteiger partial charge >= 0.3 is 5.82 Å². The number of furan rings is 3. The first-order valence-electron chi connectivity index (χ1n) is 11.0. The van der Waals surface area contributed by atoms with E-state index in [1.165, 1.54) is 0 Å². The summed E-state index contributed by atoms with van der Waals surface area (Å²) in [5.74, 6) is 2.51. The molecule has 0 aliphatic carbocycles. The molecule has 0 N–H and O–H groups in total. The van der Waals surface area contributed by atoms with E-state index in [4.69, 9.17) is 23.2 Å². The van der Waals surface area contributed by atoms with Crippen molar-refractivity contribution in [3.63, 3.8) is 0 Å². The molecule has 0 amide bonds. The molecule has 0 saturated heterocycles. The predicted molar refractivity (Wildman–Crippen MR) is 118 cm³/mol. The summed E-state index contributed by atoms with van der Waals surface area (Å²) in [6, 6.07) is 11.9. The van der Waals surface area contributed by atoms with Gasteiger partial charge in [-0.15, -0.1) is 0 Å². The van der Waals surface area contributed by atoms with Crippen LogP contribution >= 0.6 is 0 Å². The highest BCUT2D eigenvalue weighted by Crippen LogP contribution is 2.36. The zero-order chi connectivity index (χ0) is 22.9. The molecule has 0 unspecified atom stereocenters. The van der Waals surface area contributed by atoms with Crippen LogP contribution in [0, 0.1) is 0 Å². The predicted octanol–water partition coefficient (Wildman–Crippen LogP) is 4.91. The van der Waals surface area contributed by atoms with Crippen LogP contribution in [0.25, 0.3) is 34.5 Å². The SMILES string of the molecule is CC(=O)[O-].CCCCn1c(-c2ccco2)c(-c2ccco2)[n+](CCCC)c1-c1ccco1. The summed E-state index contributed by atoms with van der Waals surface area (Å²) in [6.45, 7) is 7.16. The fourth-order valence-electron chi connectivity index (χ4n) is 3.68. The van der Waals surface area contributed by atoms with Gasteiger partial charge in [-0.2, -0.15) is 0 Å². The lowest BCUT2D eigenvalue weighted by molar-refractivity contribution is -0.676. The molecule has 0 spiro atoms. The molecule has 0 bridgehead atoms. The summed E-state index contributed by atoms with van der Waals surface area (Å²) >= 11 is 0. The van der Waals surface area contributed by atoms with Crippen LogP contribution in [0.2, 0.25) is 0 Å². The van der Waals surface area contributed by atoms with E-state index in [1.54, 1.807) is 18.8 Å². The molecule has 0 atom stereocenters. The van der Waals surface area contributed by atoms with Crippen LogP contribution < -0.4 is 9.67 Å². The zero-order valence-corrected chi connectivity index (χ0v) is 18.9. The van der Waals surface area contributed by atoms with Gasteiger partial charge in [0.15, 0.2) is 11.5 Å². The molecule has 4 heterocycles. The Morgan fingerprint density at radius 2 is 1.44 bits per heavy atom. The summed E-state index contributed by atoms with van der Waals surface area (Å²) in [4.78, 5) is 8.89. The van der Waals surface area contributed by atoms with Gasteiger partial charge in [0.05, 0.1) is 31.9 Å². The largest absolute Gasteiger partial charge is 0.550 e. The molecule has 4 rings (SSSR count). The van der Waals surface area contributed by atoms with E-state index in [-0.39, 0.29) is 0 Å². The second kappa shape index (κ2) is 11.2. The highest BCUT2D eigenvalue weighted by Gasteiger charge is 2.36. The van der Waals surface area contributed by atoms with Crippen molar-refractivity contribution < 1.29 is 27.7 Å². The van der Waals surface area contributed by atoms with E-state index < -0.39 is 5.97 Å². The summed E-state index contributed by atoms with van der Waals surface area (Å²) in [7, 11) is 0. The van der Waals surface area contributed by atoms with Crippen molar-refractivity contribution in [2.75, 3.05) is 0 Å². The molecule has 0 aromatic carbocycles. The molecule has 0 aliphatic heterocycles. The van der Waals surface area contributed by atoms with Crippen molar-refractivity contribution in [3.05, 3.63) is 55.2 Å². The van der Waals surface area contributed by atoms with E-state index in [0.29, 0.717) is 0 Å². The van der Waals surface area contributed by atoms with Crippen LogP contribution in [0.4, 0.5) is 0 Å². The quantitative estimate of drug-likeness (QED) is 0.346. The number of hydrogen-bond donors (Lipinski definition) is 0. The Balaban J connectivity index is 0.000000668. The maximum Gasteiger partial charge on any atom is 0.326 e. The van der Waals surface area contributed by atoms with Crippen LogP contribution in [-0.2, 0) is 17.9 Å². The van der Waals surface area contributed by atoms with Gasteiger partial charge in [-0.25, -0.2) is 9.13 Å². The van der Waals surface area contributed by atoms with Crippen molar-refractivity contribution in [2.45, 2.75) is 59.5 Å². The standard InChI is InChI=1S/C23H27N2O3.C2H4O2/c1-3-5-13-24-21(18-10-7-15-26-18)22(19-11-8-16-27-19)25(14-6-4-2)23(24)20-12-9-17-28-20;1-2(3)4/h7-12,15-17H,3-6,13-14H2,1-2H3;1H3,(H,3,4)/q+1;/p-1. The molecule has 0 saturated carbocycles. The molecule has 32 heavy (non-hydrogen) atoms. The van der Waals surface area contributed by atoms with Crippen LogP contribution in [0.1, 0.15) is 46.5 Å². The first-order valence-corrected chi connectivity index (χ1v) is 11.0. The van der Waals surface area contributed by atoms with Crippen molar-refractivity contribution in [2.24, 2.45) is 0 Å². The Morgan fingerprint density at radius 3 is 1.94 bits per heavy atom. The molecule has 4 aromatic heterocycles. The molecule has 7 heteroatoms. The Hall–Kier alpha value is -3.48. The van der Waals surface area contributed by atoms with Crippen LogP contribution in [0.5, 0.6) is 0 Å². The highest BCUT2D eigenvalue weighted by molar-refractivity contribution is 5.73. The Kier molecular flexibility index (Phi) is 8.14. The van der Waals surface area contributed by atoms with E-state index in [2.05, 4.69) is 23.0 Å². The first-order chi connectivity index (χ1) is 15.6. The molecule has 7 nitrogen and oxygen atoms in total. The minimum absolute atomic E-state index is 0.838. The van der Waals surface area contributed by atoms with Gasteiger partial charge in [0, 0.05) is 5.97 Å². The Bertz CT molecular complexity index is 1010. The average Bonchev–Trinajstić information content (AvgIpc) is 3.55. The molecular formula is C25H30N2O5. The number of imidazole rings is 1. The second-order valence-electron chi connectivity index (χ2n) is 7.45. The Morgan fingerprint density at radius 1 is 0.906 bits per heavy atom. The number of aliphatic carboxylic acids is 1. The number of carbonyl (C=O) groups is 1. The summed E-state index contributed by atoms with van der Waals surface area (Å²) in [5, 5.41) is 8.89. The van der Waals surface area contributed by atoms with Gasteiger partial charge in [-0.05, 0) is 56.2 Å². The third-order valence-electron chi connectivity index (χ3n) is 5.00. The normalized spacial score (nSPS) is 10.7. The smallest absolute Gasteiger partial charge is 0.326 e. The second-order valence-corrected chi connectivity index (χ2v) is 7.45. The molecule has 4 aromatic rings. The topological polar surface area (TPSA) is 88.4 Å². The minimum Gasteiger partial charge on any atom is -0.550 e. The van der Waals surface area contributed by atoms with Gasteiger partial charge in [0.25, 0.3) is 0 Å². The number of rotatable bonds is 9. The maximum atomic E-state index is 8.89. The number of carboxylic acids is 1. The first kappa shape index (κ1) is 23.2. The van der Waals surface area contributed by atoms with Crippen molar-refractivity contribution in [3.8, 4) is 34.5 Å². The number of carbonyl (C=O) groups excluding carboxylic acids is 1. The highest BCUT2D eigenvalue weighted by atomic mass is 16.4. The number of aromatic nitrogens is 2. The fraction of sp³-hybridized carbons (Fsp3) is 0.360. The van der Waals surface area contributed by atoms with Crippen molar-refractivity contribution >= 4 is 5.97 Å². The van der Waals surface area contributed by atoms with E-state index in [9.17, 15) is 0 Å².